The Morgan fingerprint density at radius 2 is 1.40 bits per heavy atom. The van der Waals surface area contributed by atoms with Crippen molar-refractivity contribution in [1.82, 2.24) is 0 Å². The molecule has 0 amide bonds. The Morgan fingerprint density at radius 3 is 1.40 bits per heavy atom. The van der Waals surface area contributed by atoms with Crippen molar-refractivity contribution in [3.8, 4) is 0 Å². The third-order valence-electron chi connectivity index (χ3n) is 0. The largest absolute Gasteiger partial charge is 0.358 e. The van der Waals surface area contributed by atoms with E-state index in [2.05, 4.69) is 30.8 Å². The fourth-order valence-corrected chi connectivity index (χ4v) is 0. The van der Waals surface area contributed by atoms with Crippen LogP contribution in [0, 0.1) is 7.43 Å². The zero-order valence-electron chi connectivity index (χ0n) is 3.95. The summed E-state index contributed by atoms with van der Waals surface area (Å²) in [6, 6.07) is 0. The van der Waals surface area contributed by atoms with Gasteiger partial charge in [0.25, 0.3) is 0 Å². The van der Waals surface area contributed by atoms with Crippen LogP contribution in [-0.2, 0) is 17.0 Å². The predicted octanol–water partition coefficient (Wildman–Crippen LogP) is 1.20. The molecule has 0 heterocycles. The molecule has 0 fully saturated rings. The van der Waals surface area contributed by atoms with Crippen LogP contribution in [0.3, 0.4) is 0 Å². The van der Waals surface area contributed by atoms with Gasteiger partial charge < -0.3 is 7.43 Å². The van der Waals surface area contributed by atoms with E-state index >= 15 is 0 Å². The van der Waals surface area contributed by atoms with Gasteiger partial charge in [0.2, 0.25) is 0 Å². The van der Waals surface area contributed by atoms with Gasteiger partial charge in [-0.15, -0.1) is 0 Å². The molecular formula is C4H9V-. The van der Waals surface area contributed by atoms with Crippen molar-refractivity contribution in [1.29, 1.82) is 0 Å². The summed E-state index contributed by atoms with van der Waals surface area (Å²) in [6.45, 7) is 4.11. The molecule has 0 N–H and O–H groups in total. The van der Waals surface area contributed by atoms with E-state index < -0.39 is 0 Å². The minimum absolute atomic E-state index is 0. The van der Waals surface area contributed by atoms with Crippen LogP contribution in [0.2, 0.25) is 0 Å². The first-order valence-corrected chi connectivity index (χ1v) is 1.92. The van der Waals surface area contributed by atoms with E-state index in [1.807, 2.05) is 0 Å². The van der Waals surface area contributed by atoms with Crippen molar-refractivity contribution in [2.75, 3.05) is 0 Å². The summed E-state index contributed by atoms with van der Waals surface area (Å²) in [5.41, 5.74) is 0. The first-order chi connectivity index (χ1) is 1.73. The minimum Gasteiger partial charge on any atom is -0.358 e. The molecule has 0 aromatic rings. The summed E-state index contributed by atoms with van der Waals surface area (Å²) in [5.74, 6) is 0. The fraction of sp³-hybridized carbons (Fsp3) is 0.500. The molecular weight excluding hydrogens is 99.0 g/mol. The first-order valence-electron chi connectivity index (χ1n) is 1.22. The van der Waals surface area contributed by atoms with Crippen LogP contribution < -0.4 is 0 Å². The molecule has 0 spiro atoms. The van der Waals surface area contributed by atoms with Crippen molar-refractivity contribution >= 4 is 4.23 Å². The Kier molecular flexibility index (Phi) is 8.08. The summed E-state index contributed by atoms with van der Waals surface area (Å²) in [6.07, 6.45) is 0. The first kappa shape index (κ1) is 9.07. The second-order valence-electron chi connectivity index (χ2n) is 0.947. The molecule has 0 saturated carbocycles. The van der Waals surface area contributed by atoms with Crippen LogP contribution in [0.25, 0.3) is 0 Å². The molecule has 0 aliphatic carbocycles. The zero-order valence-corrected chi connectivity index (χ0v) is 5.34. The van der Waals surface area contributed by atoms with Gasteiger partial charge >= 0.3 is 35.1 Å². The molecule has 5 heavy (non-hydrogen) atoms. The Bertz CT molecular complexity index is 26.6. The molecule has 0 radical (unpaired) electrons. The van der Waals surface area contributed by atoms with Gasteiger partial charge in [-0.05, 0) is 0 Å². The van der Waals surface area contributed by atoms with Crippen molar-refractivity contribution in [3.05, 3.63) is 7.43 Å². The third-order valence-corrected chi connectivity index (χ3v) is 0. The maximum atomic E-state index is 2.45. The Labute approximate surface area is 43.1 Å². The summed E-state index contributed by atoms with van der Waals surface area (Å²) in [7, 11) is 0. The van der Waals surface area contributed by atoms with E-state index in [0.717, 1.165) is 0 Å². The van der Waals surface area contributed by atoms with Crippen molar-refractivity contribution in [3.63, 3.8) is 0 Å². The molecule has 0 nitrogen and oxygen atoms in total. The van der Waals surface area contributed by atoms with Gasteiger partial charge in [0.1, 0.15) is 0 Å². The van der Waals surface area contributed by atoms with Gasteiger partial charge in [0.15, 0.2) is 0 Å². The molecule has 1 heteroatoms. The van der Waals surface area contributed by atoms with Gasteiger partial charge in [0, 0.05) is 0 Å². The van der Waals surface area contributed by atoms with Gasteiger partial charge in [-0.3, -0.25) is 0 Å². The van der Waals surface area contributed by atoms with Gasteiger partial charge in [-0.1, -0.05) is 0 Å². The molecule has 0 aliphatic rings. The Morgan fingerprint density at radius 1 is 1.40 bits per heavy atom. The van der Waals surface area contributed by atoms with Crippen molar-refractivity contribution < 1.29 is 17.0 Å². The second-order valence-corrected chi connectivity index (χ2v) is 2.34. The summed E-state index contributed by atoms with van der Waals surface area (Å²) in [4.78, 5) is 0. The molecule has 0 bridgehead atoms. The molecule has 0 rings (SSSR count). The van der Waals surface area contributed by atoms with E-state index in [4.69, 9.17) is 0 Å². The molecule has 0 unspecified atom stereocenters. The summed E-state index contributed by atoms with van der Waals surface area (Å²) < 4.78 is 1.35. The second kappa shape index (κ2) is 4.45. The fourth-order valence-electron chi connectivity index (χ4n) is 0. The molecule has 0 aliphatic heterocycles. The number of hydrogen-bond acceptors (Lipinski definition) is 0. The van der Waals surface area contributed by atoms with E-state index in [0.29, 0.717) is 0 Å². The number of rotatable bonds is 0. The zero-order chi connectivity index (χ0) is 3.58. The topological polar surface area (TPSA) is 0 Å². The van der Waals surface area contributed by atoms with E-state index in [1.54, 1.807) is 0 Å². The molecule has 0 saturated heterocycles. The summed E-state index contributed by atoms with van der Waals surface area (Å²) in [5, 5.41) is 0. The van der Waals surface area contributed by atoms with Crippen LogP contribution >= 0.6 is 0 Å². The Hall–Kier alpha value is 0.454. The van der Waals surface area contributed by atoms with Crippen LogP contribution in [0.15, 0.2) is 0 Å². The van der Waals surface area contributed by atoms with Crippen LogP contribution in [0.4, 0.5) is 0 Å². The van der Waals surface area contributed by atoms with E-state index in [-0.39, 0.29) is 7.43 Å². The van der Waals surface area contributed by atoms with Crippen molar-refractivity contribution in [2.24, 2.45) is 0 Å². The predicted molar refractivity (Wildman–Crippen MR) is 22.8 cm³/mol. The van der Waals surface area contributed by atoms with Gasteiger partial charge in [-0.2, -0.15) is 0 Å². The monoisotopic (exact) mass is 108 g/mol. The SMILES string of the molecule is C[C](C)=[V].[CH3-]. The standard InChI is InChI=1S/C3H6.CH3.V/c1-3-2;;/h1-2H3;1H3;/q;-1;. The maximum Gasteiger partial charge on any atom is -0.358 e. The van der Waals surface area contributed by atoms with Crippen LogP contribution in [-0.4, -0.2) is 4.23 Å². The normalized spacial score (nSPS) is 5.00. The van der Waals surface area contributed by atoms with Crippen LogP contribution in [0.1, 0.15) is 13.8 Å². The minimum atomic E-state index is 0. The van der Waals surface area contributed by atoms with E-state index in [9.17, 15) is 0 Å². The van der Waals surface area contributed by atoms with Crippen LogP contribution in [0.5, 0.6) is 0 Å². The smallest absolute Gasteiger partial charge is 0.358 e. The van der Waals surface area contributed by atoms with E-state index in [1.165, 1.54) is 4.23 Å². The average molecular weight is 108 g/mol. The molecule has 0 aromatic heterocycles. The van der Waals surface area contributed by atoms with Gasteiger partial charge in [0.05, 0.1) is 0 Å². The summed E-state index contributed by atoms with van der Waals surface area (Å²) >= 11 is 2.45. The average Bonchev–Trinajstić information content (AvgIpc) is 0.811. The Balaban J connectivity index is 0. The molecule has 31 valence electrons. The van der Waals surface area contributed by atoms with Gasteiger partial charge in [-0.25, -0.2) is 0 Å². The third kappa shape index (κ3) is 130. The number of hydrogen-bond donors (Lipinski definition) is 0. The molecule has 0 atom stereocenters. The van der Waals surface area contributed by atoms with Crippen molar-refractivity contribution in [2.45, 2.75) is 13.8 Å². The quantitative estimate of drug-likeness (QED) is 0.409. The maximum absolute atomic E-state index is 2.45. The molecule has 0 aromatic carbocycles.